The Kier molecular flexibility index (Phi) is 5.41. The van der Waals surface area contributed by atoms with E-state index in [-0.39, 0.29) is 23.4 Å². The lowest BCUT2D eigenvalue weighted by Gasteiger charge is -2.38. The highest BCUT2D eigenvalue weighted by Gasteiger charge is 2.32. The minimum atomic E-state index is -0.447. The number of rotatable bonds is 4. The molecule has 0 saturated carbocycles. The first-order chi connectivity index (χ1) is 12.4. The van der Waals surface area contributed by atoms with Crippen LogP contribution in [0.15, 0.2) is 35.3 Å². The van der Waals surface area contributed by atoms with Crippen molar-refractivity contribution in [3.63, 3.8) is 0 Å². The molecule has 138 valence electrons. The molecule has 1 fully saturated rings. The number of likely N-dealkylation sites (tertiary alicyclic amines) is 1. The third kappa shape index (κ3) is 4.32. The summed E-state index contributed by atoms with van der Waals surface area (Å²) in [6, 6.07) is 5.55. The molecule has 0 radical (unpaired) electrons. The fourth-order valence-corrected chi connectivity index (χ4v) is 3.35. The zero-order valence-electron chi connectivity index (χ0n) is 14.8. The van der Waals surface area contributed by atoms with Gasteiger partial charge in [-0.2, -0.15) is 5.10 Å². The second-order valence-corrected chi connectivity index (χ2v) is 6.86. The van der Waals surface area contributed by atoms with E-state index in [0.717, 1.165) is 24.9 Å². The second kappa shape index (κ2) is 7.74. The van der Waals surface area contributed by atoms with Gasteiger partial charge in [0.25, 0.3) is 5.56 Å². The quantitative estimate of drug-likeness (QED) is 0.868. The Hall–Kier alpha value is -2.61. The highest BCUT2D eigenvalue weighted by molar-refractivity contribution is 5.93. The van der Waals surface area contributed by atoms with E-state index in [2.05, 4.69) is 32.3 Å². The van der Waals surface area contributed by atoms with Crippen LogP contribution < -0.4 is 10.9 Å². The van der Waals surface area contributed by atoms with Crippen molar-refractivity contribution in [1.29, 1.82) is 0 Å². The lowest BCUT2D eigenvalue weighted by molar-refractivity contribution is -0.121. The van der Waals surface area contributed by atoms with Crippen LogP contribution in [0.1, 0.15) is 31.9 Å². The number of nitrogens with one attached hydrogen (secondary N) is 2. The van der Waals surface area contributed by atoms with Crippen LogP contribution in [-0.2, 0) is 4.79 Å². The van der Waals surface area contributed by atoms with Gasteiger partial charge in [-0.05, 0) is 37.5 Å². The number of carbonyl (C=O) groups is 1. The molecule has 2 N–H and O–H groups in total. The number of hydrogen-bond donors (Lipinski definition) is 2. The second-order valence-electron chi connectivity index (χ2n) is 6.86. The highest BCUT2D eigenvalue weighted by atomic mass is 19.1. The molecule has 1 unspecified atom stereocenters. The van der Waals surface area contributed by atoms with Crippen LogP contribution >= 0.6 is 0 Å². The summed E-state index contributed by atoms with van der Waals surface area (Å²) in [5, 5.41) is 9.34. The molecule has 0 aromatic carbocycles. The van der Waals surface area contributed by atoms with E-state index < -0.39 is 5.82 Å². The number of piperidine rings is 1. The third-order valence-electron chi connectivity index (χ3n) is 4.71. The van der Waals surface area contributed by atoms with Gasteiger partial charge in [-0.3, -0.25) is 14.5 Å². The molecule has 1 aliphatic rings. The zero-order chi connectivity index (χ0) is 18.7. The third-order valence-corrected chi connectivity index (χ3v) is 4.71. The van der Waals surface area contributed by atoms with Crippen LogP contribution in [-0.4, -0.2) is 45.1 Å². The van der Waals surface area contributed by atoms with Crippen molar-refractivity contribution in [2.75, 3.05) is 18.4 Å². The molecule has 2 aromatic rings. The molecule has 3 rings (SSSR count). The largest absolute Gasteiger partial charge is 0.309 e. The SMILES string of the molecule is CC(C(=O)Nc1ccc(F)cn1)N1C[C@@H](C)C[C@@H](c2ccc(=O)[nH]n2)C1. The number of nitrogens with zero attached hydrogens (tertiary/aromatic N) is 3. The number of H-pyrrole nitrogens is 1. The summed E-state index contributed by atoms with van der Waals surface area (Å²) in [5.74, 6) is 0.229. The molecule has 3 atom stereocenters. The van der Waals surface area contributed by atoms with Crippen molar-refractivity contribution in [3.8, 4) is 0 Å². The van der Waals surface area contributed by atoms with Gasteiger partial charge >= 0.3 is 0 Å². The minimum absolute atomic E-state index is 0.148. The zero-order valence-corrected chi connectivity index (χ0v) is 14.8. The first-order valence-electron chi connectivity index (χ1n) is 8.64. The number of anilines is 1. The van der Waals surface area contributed by atoms with Crippen molar-refractivity contribution in [2.24, 2.45) is 5.92 Å². The lowest BCUT2D eigenvalue weighted by atomic mass is 9.87. The summed E-state index contributed by atoms with van der Waals surface area (Å²) in [7, 11) is 0. The van der Waals surface area contributed by atoms with Gasteiger partial charge < -0.3 is 5.32 Å². The van der Waals surface area contributed by atoms with Crippen LogP contribution in [0.3, 0.4) is 0 Å². The molecular weight excluding hydrogens is 337 g/mol. The Morgan fingerprint density at radius 2 is 2.15 bits per heavy atom. The maximum Gasteiger partial charge on any atom is 0.264 e. The lowest BCUT2D eigenvalue weighted by Crippen LogP contribution is -2.49. The Morgan fingerprint density at radius 3 is 2.81 bits per heavy atom. The standard InChI is InChI=1S/C18H22FN5O2/c1-11-7-13(15-4-6-17(25)23-22-15)10-24(9-11)12(2)18(26)21-16-5-3-14(19)8-20-16/h3-6,8,11-13H,7,9-10H2,1-2H3,(H,23,25)(H,20,21,26)/t11-,12?,13+/m0/s1. The molecule has 0 aliphatic carbocycles. The molecular formula is C18H22FN5O2. The highest BCUT2D eigenvalue weighted by Crippen LogP contribution is 2.29. The molecule has 0 bridgehead atoms. The predicted molar refractivity (Wildman–Crippen MR) is 95.2 cm³/mol. The Balaban J connectivity index is 1.68. The van der Waals surface area contributed by atoms with Crippen molar-refractivity contribution < 1.29 is 9.18 Å². The maximum absolute atomic E-state index is 12.9. The van der Waals surface area contributed by atoms with Crippen LogP contribution in [0.4, 0.5) is 10.2 Å². The Morgan fingerprint density at radius 1 is 1.35 bits per heavy atom. The maximum atomic E-state index is 12.9. The van der Waals surface area contributed by atoms with Crippen molar-refractivity contribution >= 4 is 11.7 Å². The molecule has 7 nitrogen and oxygen atoms in total. The first-order valence-corrected chi connectivity index (χ1v) is 8.64. The summed E-state index contributed by atoms with van der Waals surface area (Å²) in [4.78, 5) is 29.7. The Bertz CT molecular complexity index is 803. The van der Waals surface area contributed by atoms with Gasteiger partial charge in [0.05, 0.1) is 17.9 Å². The van der Waals surface area contributed by atoms with E-state index >= 15 is 0 Å². The van der Waals surface area contributed by atoms with Crippen LogP contribution in [0.5, 0.6) is 0 Å². The average molecular weight is 359 g/mol. The van der Waals surface area contributed by atoms with Gasteiger partial charge in [0.2, 0.25) is 5.91 Å². The van der Waals surface area contributed by atoms with Gasteiger partial charge in [-0.25, -0.2) is 14.5 Å². The molecule has 1 aliphatic heterocycles. The van der Waals surface area contributed by atoms with E-state index in [1.807, 2.05) is 6.92 Å². The monoisotopic (exact) mass is 359 g/mol. The average Bonchev–Trinajstić information content (AvgIpc) is 2.63. The van der Waals surface area contributed by atoms with Crippen molar-refractivity contribution in [2.45, 2.75) is 32.2 Å². The number of pyridine rings is 1. The summed E-state index contributed by atoms with van der Waals surface area (Å²) < 4.78 is 12.9. The van der Waals surface area contributed by atoms with E-state index in [1.54, 1.807) is 6.07 Å². The molecule has 0 spiro atoms. The molecule has 2 aromatic heterocycles. The Labute approximate surface area is 150 Å². The fraction of sp³-hybridized carbons (Fsp3) is 0.444. The minimum Gasteiger partial charge on any atom is -0.309 e. The van der Waals surface area contributed by atoms with Gasteiger partial charge in [-0.1, -0.05) is 6.92 Å². The molecule has 8 heteroatoms. The van der Waals surface area contributed by atoms with E-state index in [0.29, 0.717) is 18.3 Å². The predicted octanol–water partition coefficient (Wildman–Crippen LogP) is 1.76. The van der Waals surface area contributed by atoms with Gasteiger partial charge in [0, 0.05) is 25.1 Å². The summed E-state index contributed by atoms with van der Waals surface area (Å²) in [6.07, 6.45) is 2.02. The van der Waals surface area contributed by atoms with E-state index in [4.69, 9.17) is 0 Å². The van der Waals surface area contributed by atoms with Crippen LogP contribution in [0.25, 0.3) is 0 Å². The molecule has 1 amide bonds. The van der Waals surface area contributed by atoms with Gasteiger partial charge in [0.15, 0.2) is 0 Å². The number of hydrogen-bond acceptors (Lipinski definition) is 5. The number of aromatic nitrogens is 3. The smallest absolute Gasteiger partial charge is 0.264 e. The van der Waals surface area contributed by atoms with E-state index in [9.17, 15) is 14.0 Å². The number of amides is 1. The number of halogens is 1. The molecule has 1 saturated heterocycles. The van der Waals surface area contributed by atoms with Crippen LogP contribution in [0, 0.1) is 11.7 Å². The van der Waals surface area contributed by atoms with E-state index in [1.165, 1.54) is 18.2 Å². The van der Waals surface area contributed by atoms with Crippen molar-refractivity contribution in [3.05, 3.63) is 52.3 Å². The van der Waals surface area contributed by atoms with Gasteiger partial charge in [-0.15, -0.1) is 0 Å². The normalized spacial score (nSPS) is 22.0. The van der Waals surface area contributed by atoms with Gasteiger partial charge in [0.1, 0.15) is 11.6 Å². The van der Waals surface area contributed by atoms with Crippen LogP contribution in [0.2, 0.25) is 0 Å². The first kappa shape index (κ1) is 18.2. The summed E-state index contributed by atoms with van der Waals surface area (Å²) >= 11 is 0. The molecule has 26 heavy (non-hydrogen) atoms. The summed E-state index contributed by atoms with van der Waals surface area (Å²) in [5.41, 5.74) is 0.600. The fourth-order valence-electron chi connectivity index (χ4n) is 3.35. The molecule has 3 heterocycles. The van der Waals surface area contributed by atoms with Crippen molar-refractivity contribution in [1.82, 2.24) is 20.1 Å². The number of carbonyl (C=O) groups excluding carboxylic acids is 1. The summed E-state index contributed by atoms with van der Waals surface area (Å²) in [6.45, 7) is 5.45. The number of aromatic amines is 1. The topological polar surface area (TPSA) is 91.0 Å².